The number of methoxy groups -OCH3 is 2. The summed E-state index contributed by atoms with van der Waals surface area (Å²) in [5.74, 6) is 0.831. The van der Waals surface area contributed by atoms with Crippen LogP contribution in [0.5, 0.6) is 5.75 Å². The maximum absolute atomic E-state index is 5.62. The molecule has 0 aromatic heterocycles. The van der Waals surface area contributed by atoms with E-state index in [1.165, 1.54) is 0 Å². The van der Waals surface area contributed by atoms with Crippen LogP contribution in [0.3, 0.4) is 0 Å². The first-order valence-corrected chi connectivity index (χ1v) is 4.17. The fraction of sp³-hybridized carbons (Fsp3) is 0.400. The van der Waals surface area contributed by atoms with Crippen LogP contribution in [-0.2, 0) is 17.9 Å². The number of rotatable bonds is 4. The fourth-order valence-electron chi connectivity index (χ4n) is 1.32. The highest BCUT2D eigenvalue weighted by molar-refractivity contribution is 5.39. The lowest BCUT2D eigenvalue weighted by Gasteiger charge is -2.11. The monoisotopic (exact) mass is 181 g/mol. The minimum atomic E-state index is 0.475. The van der Waals surface area contributed by atoms with Crippen molar-refractivity contribution in [3.8, 4) is 5.75 Å². The van der Waals surface area contributed by atoms with Crippen molar-refractivity contribution >= 4 is 0 Å². The SMILES string of the molecule is COCc1cccc(OC)c1CN. The van der Waals surface area contributed by atoms with Gasteiger partial charge in [0.2, 0.25) is 0 Å². The largest absolute Gasteiger partial charge is 0.496 e. The molecule has 2 N–H and O–H groups in total. The summed E-state index contributed by atoms with van der Waals surface area (Å²) in [5, 5.41) is 0. The normalized spacial score (nSPS) is 10.1. The number of hydrogen-bond acceptors (Lipinski definition) is 3. The van der Waals surface area contributed by atoms with Gasteiger partial charge in [-0.05, 0) is 11.6 Å². The van der Waals surface area contributed by atoms with E-state index in [1.807, 2.05) is 18.2 Å². The molecule has 0 bridgehead atoms. The van der Waals surface area contributed by atoms with Crippen LogP contribution in [0.1, 0.15) is 11.1 Å². The second-order valence-electron chi connectivity index (χ2n) is 2.74. The van der Waals surface area contributed by atoms with E-state index in [2.05, 4.69) is 0 Å². The fourth-order valence-corrected chi connectivity index (χ4v) is 1.32. The third-order valence-corrected chi connectivity index (χ3v) is 1.95. The molecule has 0 aliphatic rings. The standard InChI is InChI=1S/C10H15NO2/c1-12-7-8-4-3-5-10(13-2)9(8)6-11/h3-5H,6-7,11H2,1-2H3. The van der Waals surface area contributed by atoms with E-state index in [0.29, 0.717) is 13.2 Å². The highest BCUT2D eigenvalue weighted by Gasteiger charge is 2.05. The molecule has 0 heterocycles. The van der Waals surface area contributed by atoms with Crippen LogP contribution in [0.4, 0.5) is 0 Å². The van der Waals surface area contributed by atoms with Gasteiger partial charge < -0.3 is 15.2 Å². The third kappa shape index (κ3) is 2.20. The summed E-state index contributed by atoms with van der Waals surface area (Å²) >= 11 is 0. The average molecular weight is 181 g/mol. The maximum Gasteiger partial charge on any atom is 0.123 e. The number of hydrogen-bond donors (Lipinski definition) is 1. The zero-order valence-corrected chi connectivity index (χ0v) is 8.04. The molecule has 0 saturated carbocycles. The predicted octanol–water partition coefficient (Wildman–Crippen LogP) is 1.30. The van der Waals surface area contributed by atoms with Crippen LogP contribution in [-0.4, -0.2) is 14.2 Å². The second-order valence-corrected chi connectivity index (χ2v) is 2.74. The van der Waals surface area contributed by atoms with E-state index in [0.717, 1.165) is 16.9 Å². The summed E-state index contributed by atoms with van der Waals surface area (Å²) in [6.07, 6.45) is 0. The molecule has 0 unspecified atom stereocenters. The van der Waals surface area contributed by atoms with Crippen molar-refractivity contribution < 1.29 is 9.47 Å². The van der Waals surface area contributed by atoms with Gasteiger partial charge in [0.1, 0.15) is 5.75 Å². The van der Waals surface area contributed by atoms with Crippen LogP contribution < -0.4 is 10.5 Å². The molecule has 0 amide bonds. The molecule has 0 radical (unpaired) electrons. The van der Waals surface area contributed by atoms with E-state index >= 15 is 0 Å². The summed E-state index contributed by atoms with van der Waals surface area (Å²) in [6.45, 7) is 1.05. The smallest absolute Gasteiger partial charge is 0.123 e. The van der Waals surface area contributed by atoms with Crippen molar-refractivity contribution in [2.24, 2.45) is 5.73 Å². The molecule has 3 heteroatoms. The Morgan fingerprint density at radius 3 is 2.62 bits per heavy atom. The minimum Gasteiger partial charge on any atom is -0.496 e. The predicted molar refractivity (Wildman–Crippen MR) is 51.6 cm³/mol. The topological polar surface area (TPSA) is 44.5 Å². The Morgan fingerprint density at radius 1 is 1.31 bits per heavy atom. The molecule has 0 aliphatic heterocycles. The summed E-state index contributed by atoms with van der Waals surface area (Å²) < 4.78 is 10.2. The van der Waals surface area contributed by atoms with E-state index in [9.17, 15) is 0 Å². The molecule has 1 aromatic rings. The maximum atomic E-state index is 5.62. The molecule has 0 spiro atoms. The molecule has 0 fully saturated rings. The minimum absolute atomic E-state index is 0.475. The lowest BCUT2D eigenvalue weighted by molar-refractivity contribution is 0.183. The van der Waals surface area contributed by atoms with Gasteiger partial charge in [0.25, 0.3) is 0 Å². The molecule has 1 rings (SSSR count). The van der Waals surface area contributed by atoms with Gasteiger partial charge in [-0.15, -0.1) is 0 Å². The Kier molecular flexibility index (Phi) is 3.73. The van der Waals surface area contributed by atoms with Crippen molar-refractivity contribution in [3.63, 3.8) is 0 Å². The summed E-state index contributed by atoms with van der Waals surface area (Å²) in [5.41, 5.74) is 7.73. The Hall–Kier alpha value is -1.06. The number of ether oxygens (including phenoxy) is 2. The first-order chi connectivity index (χ1) is 6.33. The van der Waals surface area contributed by atoms with Gasteiger partial charge >= 0.3 is 0 Å². The zero-order chi connectivity index (χ0) is 9.68. The Balaban J connectivity index is 3.03. The van der Waals surface area contributed by atoms with Crippen molar-refractivity contribution in [3.05, 3.63) is 29.3 Å². The van der Waals surface area contributed by atoms with Gasteiger partial charge in [-0.1, -0.05) is 12.1 Å². The van der Waals surface area contributed by atoms with Crippen molar-refractivity contribution in [2.45, 2.75) is 13.2 Å². The molecular formula is C10H15NO2. The third-order valence-electron chi connectivity index (χ3n) is 1.95. The van der Waals surface area contributed by atoms with Crippen LogP contribution in [0.2, 0.25) is 0 Å². The van der Waals surface area contributed by atoms with Crippen LogP contribution >= 0.6 is 0 Å². The highest BCUT2D eigenvalue weighted by atomic mass is 16.5. The Bertz CT molecular complexity index is 274. The van der Waals surface area contributed by atoms with E-state index in [4.69, 9.17) is 15.2 Å². The first kappa shape index (κ1) is 10.0. The lowest BCUT2D eigenvalue weighted by atomic mass is 10.1. The molecule has 13 heavy (non-hydrogen) atoms. The van der Waals surface area contributed by atoms with Crippen molar-refractivity contribution in [2.75, 3.05) is 14.2 Å². The highest BCUT2D eigenvalue weighted by Crippen LogP contribution is 2.21. The average Bonchev–Trinajstić information content (AvgIpc) is 2.18. The molecule has 0 aliphatic carbocycles. The summed E-state index contributed by atoms with van der Waals surface area (Å²) in [4.78, 5) is 0. The lowest BCUT2D eigenvalue weighted by Crippen LogP contribution is -2.04. The second kappa shape index (κ2) is 4.84. The van der Waals surface area contributed by atoms with Gasteiger partial charge in [-0.3, -0.25) is 0 Å². The van der Waals surface area contributed by atoms with Crippen molar-refractivity contribution in [1.82, 2.24) is 0 Å². The van der Waals surface area contributed by atoms with E-state index < -0.39 is 0 Å². The van der Waals surface area contributed by atoms with Crippen LogP contribution in [0, 0.1) is 0 Å². The molecule has 0 atom stereocenters. The van der Waals surface area contributed by atoms with Crippen LogP contribution in [0.15, 0.2) is 18.2 Å². The van der Waals surface area contributed by atoms with Gasteiger partial charge in [0.05, 0.1) is 13.7 Å². The number of nitrogens with two attached hydrogens (primary N) is 1. The first-order valence-electron chi connectivity index (χ1n) is 4.17. The number of benzene rings is 1. The van der Waals surface area contributed by atoms with Gasteiger partial charge in [0, 0.05) is 19.2 Å². The van der Waals surface area contributed by atoms with E-state index in [1.54, 1.807) is 14.2 Å². The van der Waals surface area contributed by atoms with E-state index in [-0.39, 0.29) is 0 Å². The molecule has 72 valence electrons. The Labute approximate surface area is 78.5 Å². The molecule has 0 saturated heterocycles. The van der Waals surface area contributed by atoms with Gasteiger partial charge in [-0.2, -0.15) is 0 Å². The summed E-state index contributed by atoms with van der Waals surface area (Å²) in [7, 11) is 3.31. The molecule has 3 nitrogen and oxygen atoms in total. The molecular weight excluding hydrogens is 166 g/mol. The quantitative estimate of drug-likeness (QED) is 0.761. The van der Waals surface area contributed by atoms with Crippen molar-refractivity contribution in [1.29, 1.82) is 0 Å². The van der Waals surface area contributed by atoms with Crippen LogP contribution in [0.25, 0.3) is 0 Å². The Morgan fingerprint density at radius 2 is 2.08 bits per heavy atom. The molecule has 1 aromatic carbocycles. The summed E-state index contributed by atoms with van der Waals surface area (Å²) in [6, 6.07) is 5.84. The van der Waals surface area contributed by atoms with Gasteiger partial charge in [0.15, 0.2) is 0 Å². The van der Waals surface area contributed by atoms with Gasteiger partial charge in [-0.25, -0.2) is 0 Å². The zero-order valence-electron chi connectivity index (χ0n) is 8.04.